The molecular formula is C16H11BrClF4N5O. The van der Waals surface area contributed by atoms with Crippen molar-refractivity contribution in [2.45, 2.75) is 12.7 Å². The Balaban J connectivity index is 1.78. The van der Waals surface area contributed by atoms with E-state index in [9.17, 15) is 22.4 Å². The van der Waals surface area contributed by atoms with Gasteiger partial charge in [0.15, 0.2) is 17.2 Å². The molecule has 3 rings (SSSR count). The van der Waals surface area contributed by atoms with Gasteiger partial charge >= 0.3 is 6.18 Å². The minimum absolute atomic E-state index is 0.00683. The summed E-state index contributed by atoms with van der Waals surface area (Å²) in [4.78, 5) is 12.3. The lowest BCUT2D eigenvalue weighted by molar-refractivity contribution is -0.144. The number of nitrogens with zero attached hydrogens (tertiary/aromatic N) is 4. The molecule has 1 amide bonds. The van der Waals surface area contributed by atoms with Gasteiger partial charge in [0, 0.05) is 29.9 Å². The van der Waals surface area contributed by atoms with E-state index in [1.807, 2.05) is 0 Å². The standard InChI is InChI=1S/C16H11BrClF4N5O/c1-26-14(16(20,21)22)12(17)13(25-26)15(28)23-11-5-6-27(24-11)7-8-9(18)3-2-4-10(8)19/h2-6H,7H2,1H3,(H,23,24,28). The highest BCUT2D eigenvalue weighted by molar-refractivity contribution is 9.10. The summed E-state index contributed by atoms with van der Waals surface area (Å²) in [6.45, 7) is 0.00683. The zero-order valence-electron chi connectivity index (χ0n) is 14.1. The van der Waals surface area contributed by atoms with Gasteiger partial charge in [-0.25, -0.2) is 4.39 Å². The van der Waals surface area contributed by atoms with Gasteiger partial charge in [0.25, 0.3) is 5.91 Å². The van der Waals surface area contributed by atoms with E-state index < -0.39 is 33.8 Å². The molecule has 148 valence electrons. The molecule has 0 aliphatic heterocycles. The van der Waals surface area contributed by atoms with Crippen molar-refractivity contribution < 1.29 is 22.4 Å². The van der Waals surface area contributed by atoms with Gasteiger partial charge in [0.05, 0.1) is 11.0 Å². The van der Waals surface area contributed by atoms with Crippen LogP contribution in [-0.4, -0.2) is 25.5 Å². The molecule has 2 heterocycles. The van der Waals surface area contributed by atoms with Crippen LogP contribution >= 0.6 is 27.5 Å². The van der Waals surface area contributed by atoms with E-state index in [1.165, 1.54) is 35.1 Å². The number of carbonyl (C=O) groups excluding carboxylic acids is 1. The summed E-state index contributed by atoms with van der Waals surface area (Å²) in [7, 11) is 1.08. The Morgan fingerprint density at radius 2 is 2.00 bits per heavy atom. The smallest absolute Gasteiger partial charge is 0.304 e. The van der Waals surface area contributed by atoms with Gasteiger partial charge in [-0.1, -0.05) is 17.7 Å². The van der Waals surface area contributed by atoms with Crippen molar-refractivity contribution in [1.82, 2.24) is 19.6 Å². The first kappa shape index (κ1) is 20.3. The van der Waals surface area contributed by atoms with Crippen molar-refractivity contribution in [2.24, 2.45) is 7.05 Å². The summed E-state index contributed by atoms with van der Waals surface area (Å²) in [5.74, 6) is -1.33. The van der Waals surface area contributed by atoms with Crippen molar-refractivity contribution in [2.75, 3.05) is 5.32 Å². The Kier molecular flexibility index (Phi) is 5.48. The second-order valence-electron chi connectivity index (χ2n) is 5.69. The highest BCUT2D eigenvalue weighted by atomic mass is 79.9. The number of hydrogen-bond donors (Lipinski definition) is 1. The maximum Gasteiger partial charge on any atom is 0.434 e. The summed E-state index contributed by atoms with van der Waals surface area (Å²) < 4.78 is 54.3. The summed E-state index contributed by atoms with van der Waals surface area (Å²) in [6.07, 6.45) is -3.22. The number of alkyl halides is 3. The van der Waals surface area contributed by atoms with E-state index in [0.29, 0.717) is 4.68 Å². The Labute approximate surface area is 169 Å². The quantitative estimate of drug-likeness (QED) is 0.560. The zero-order chi connectivity index (χ0) is 20.6. The van der Waals surface area contributed by atoms with Crippen molar-refractivity contribution in [3.8, 4) is 0 Å². The number of rotatable bonds is 4. The lowest BCUT2D eigenvalue weighted by atomic mass is 10.2. The van der Waals surface area contributed by atoms with Gasteiger partial charge in [-0.05, 0) is 28.1 Å². The number of amides is 1. The number of carbonyl (C=O) groups is 1. The molecule has 6 nitrogen and oxygen atoms in total. The molecule has 2 aromatic heterocycles. The molecule has 0 bridgehead atoms. The van der Waals surface area contributed by atoms with E-state index in [4.69, 9.17) is 11.6 Å². The maximum atomic E-state index is 13.9. The van der Waals surface area contributed by atoms with Gasteiger partial charge < -0.3 is 5.32 Å². The summed E-state index contributed by atoms with van der Waals surface area (Å²) in [6, 6.07) is 5.66. The van der Waals surface area contributed by atoms with Crippen molar-refractivity contribution in [1.29, 1.82) is 0 Å². The summed E-state index contributed by atoms with van der Waals surface area (Å²) in [5, 5.41) is 10.2. The Morgan fingerprint density at radius 3 is 2.61 bits per heavy atom. The van der Waals surface area contributed by atoms with Crippen LogP contribution in [0.4, 0.5) is 23.4 Å². The maximum absolute atomic E-state index is 13.9. The normalized spacial score (nSPS) is 11.7. The third-order valence-corrected chi connectivity index (χ3v) is 4.84. The SMILES string of the molecule is Cn1nc(C(=O)Nc2ccn(Cc3c(F)cccc3Cl)n2)c(Br)c1C(F)(F)F. The minimum atomic E-state index is -4.68. The topological polar surface area (TPSA) is 64.7 Å². The number of benzene rings is 1. The monoisotopic (exact) mass is 479 g/mol. The minimum Gasteiger partial charge on any atom is -0.304 e. The largest absolute Gasteiger partial charge is 0.434 e. The predicted molar refractivity (Wildman–Crippen MR) is 96.6 cm³/mol. The average Bonchev–Trinajstić information content (AvgIpc) is 3.14. The third-order valence-electron chi connectivity index (χ3n) is 3.74. The number of aryl methyl sites for hydroxylation is 1. The molecule has 0 aliphatic rings. The van der Waals surface area contributed by atoms with Crippen LogP contribution in [0.2, 0.25) is 5.02 Å². The van der Waals surface area contributed by atoms with E-state index in [2.05, 4.69) is 31.4 Å². The Bertz CT molecular complexity index is 1030. The second kappa shape index (κ2) is 7.55. The van der Waals surface area contributed by atoms with Crippen LogP contribution in [0, 0.1) is 5.82 Å². The van der Waals surface area contributed by atoms with Crippen LogP contribution in [0.25, 0.3) is 0 Å². The highest BCUT2D eigenvalue weighted by Crippen LogP contribution is 2.36. The molecule has 0 aliphatic carbocycles. The van der Waals surface area contributed by atoms with Crippen LogP contribution in [-0.2, 0) is 19.8 Å². The van der Waals surface area contributed by atoms with Gasteiger partial charge in [-0.3, -0.25) is 14.2 Å². The Morgan fingerprint density at radius 1 is 1.29 bits per heavy atom. The number of hydrogen-bond acceptors (Lipinski definition) is 3. The molecule has 0 fully saturated rings. The Hall–Kier alpha value is -2.40. The first-order valence-corrected chi connectivity index (χ1v) is 8.82. The molecule has 0 saturated heterocycles. The van der Waals surface area contributed by atoms with Gasteiger partial charge in [0.1, 0.15) is 5.82 Å². The molecule has 0 saturated carbocycles. The predicted octanol–water partition coefficient (Wildman–Crippen LogP) is 4.49. The number of anilines is 1. The van der Waals surface area contributed by atoms with Crippen molar-refractivity contribution >= 4 is 39.3 Å². The van der Waals surface area contributed by atoms with E-state index in [-0.39, 0.29) is 22.9 Å². The third kappa shape index (κ3) is 4.04. The molecule has 1 N–H and O–H groups in total. The van der Waals surface area contributed by atoms with E-state index >= 15 is 0 Å². The molecular weight excluding hydrogens is 470 g/mol. The molecule has 3 aromatic rings. The van der Waals surface area contributed by atoms with Crippen LogP contribution in [0.3, 0.4) is 0 Å². The van der Waals surface area contributed by atoms with Crippen LogP contribution < -0.4 is 5.32 Å². The van der Waals surface area contributed by atoms with Gasteiger partial charge in [-0.15, -0.1) is 0 Å². The van der Waals surface area contributed by atoms with Gasteiger partial charge in [-0.2, -0.15) is 23.4 Å². The molecule has 0 unspecified atom stereocenters. The molecule has 1 aromatic carbocycles. The van der Waals surface area contributed by atoms with E-state index in [1.54, 1.807) is 0 Å². The highest BCUT2D eigenvalue weighted by Gasteiger charge is 2.39. The summed E-state index contributed by atoms with van der Waals surface area (Å²) >= 11 is 8.73. The number of nitrogens with one attached hydrogen (secondary N) is 1. The zero-order valence-corrected chi connectivity index (χ0v) is 16.4. The number of halogens is 6. The second-order valence-corrected chi connectivity index (χ2v) is 6.89. The van der Waals surface area contributed by atoms with Crippen LogP contribution in [0.15, 0.2) is 34.9 Å². The summed E-state index contributed by atoms with van der Waals surface area (Å²) in [5.41, 5.74) is -1.31. The lowest BCUT2D eigenvalue weighted by Crippen LogP contribution is -2.14. The fraction of sp³-hybridized carbons (Fsp3) is 0.188. The van der Waals surface area contributed by atoms with Crippen molar-refractivity contribution in [3.05, 3.63) is 62.7 Å². The first-order valence-electron chi connectivity index (χ1n) is 7.65. The van der Waals surface area contributed by atoms with Crippen molar-refractivity contribution in [3.63, 3.8) is 0 Å². The molecule has 28 heavy (non-hydrogen) atoms. The number of aromatic nitrogens is 4. The fourth-order valence-corrected chi connectivity index (χ4v) is 3.45. The van der Waals surface area contributed by atoms with Crippen LogP contribution in [0.1, 0.15) is 21.7 Å². The average molecular weight is 481 g/mol. The molecule has 0 radical (unpaired) electrons. The lowest BCUT2D eigenvalue weighted by Gasteiger charge is -2.06. The van der Waals surface area contributed by atoms with Crippen LogP contribution in [0.5, 0.6) is 0 Å². The fourth-order valence-electron chi connectivity index (χ4n) is 2.49. The van der Waals surface area contributed by atoms with Gasteiger partial charge in [0.2, 0.25) is 0 Å². The molecule has 12 heteroatoms. The molecule has 0 atom stereocenters. The van der Waals surface area contributed by atoms with E-state index in [0.717, 1.165) is 7.05 Å². The molecule has 0 spiro atoms. The first-order chi connectivity index (χ1) is 13.1.